The largest absolute Gasteiger partial charge is 0.494 e. The summed E-state index contributed by atoms with van der Waals surface area (Å²) in [6.45, 7) is 2.31. The monoisotopic (exact) mass is 442 g/mol. The standard InChI is InChI=1S/C22H22N2O8/c1-3-29-17-7-4-15(5-8-17)12-23(2)21(25)13-30-22(26)9-6-16-10-19-20(32-14-31-19)11-18(16)24(27)28/h4-11H,3,12-14H2,1-2H3/b9-6+. The predicted octanol–water partition coefficient (Wildman–Crippen LogP) is 2.94. The Morgan fingerprint density at radius 1 is 1.19 bits per heavy atom. The lowest BCUT2D eigenvalue weighted by Crippen LogP contribution is -2.30. The number of carbonyl (C=O) groups is 2. The van der Waals surface area contributed by atoms with Gasteiger partial charge in [-0.25, -0.2) is 4.79 Å². The molecule has 2 aromatic carbocycles. The van der Waals surface area contributed by atoms with Crippen molar-refractivity contribution in [3.8, 4) is 17.2 Å². The number of nitro groups is 1. The second kappa shape index (κ2) is 10.3. The number of nitrogens with zero attached hydrogens (tertiary/aromatic N) is 2. The summed E-state index contributed by atoms with van der Waals surface area (Å²) in [7, 11) is 1.60. The van der Waals surface area contributed by atoms with Crippen LogP contribution in [0.2, 0.25) is 0 Å². The molecule has 0 atom stereocenters. The van der Waals surface area contributed by atoms with Crippen molar-refractivity contribution in [2.24, 2.45) is 0 Å². The van der Waals surface area contributed by atoms with Crippen molar-refractivity contribution >= 4 is 23.6 Å². The van der Waals surface area contributed by atoms with Gasteiger partial charge in [0.05, 0.1) is 23.2 Å². The first-order valence-electron chi connectivity index (χ1n) is 9.76. The first-order chi connectivity index (χ1) is 15.4. The van der Waals surface area contributed by atoms with Gasteiger partial charge in [-0.05, 0) is 36.8 Å². The van der Waals surface area contributed by atoms with Gasteiger partial charge >= 0.3 is 5.97 Å². The molecule has 2 aromatic rings. The second-order valence-corrected chi connectivity index (χ2v) is 6.79. The lowest BCUT2D eigenvalue weighted by Gasteiger charge is -2.17. The minimum atomic E-state index is -0.806. The van der Waals surface area contributed by atoms with E-state index in [0.29, 0.717) is 18.9 Å². The van der Waals surface area contributed by atoms with E-state index in [1.165, 1.54) is 23.1 Å². The van der Waals surface area contributed by atoms with Crippen molar-refractivity contribution < 1.29 is 33.5 Å². The van der Waals surface area contributed by atoms with Crippen LogP contribution in [-0.4, -0.2) is 48.8 Å². The van der Waals surface area contributed by atoms with Gasteiger partial charge < -0.3 is 23.8 Å². The molecule has 1 amide bonds. The number of amides is 1. The number of carbonyl (C=O) groups excluding carboxylic acids is 2. The maximum atomic E-state index is 12.2. The fourth-order valence-corrected chi connectivity index (χ4v) is 2.91. The van der Waals surface area contributed by atoms with Crippen LogP contribution < -0.4 is 14.2 Å². The highest BCUT2D eigenvalue weighted by Gasteiger charge is 2.22. The van der Waals surface area contributed by atoms with Crippen LogP contribution in [0.3, 0.4) is 0 Å². The first-order valence-corrected chi connectivity index (χ1v) is 9.76. The summed E-state index contributed by atoms with van der Waals surface area (Å²) in [5.41, 5.74) is 0.797. The van der Waals surface area contributed by atoms with Crippen LogP contribution in [0.4, 0.5) is 5.69 Å². The van der Waals surface area contributed by atoms with E-state index >= 15 is 0 Å². The lowest BCUT2D eigenvalue weighted by atomic mass is 10.1. The van der Waals surface area contributed by atoms with E-state index in [1.807, 2.05) is 31.2 Å². The molecule has 0 spiro atoms. The molecule has 168 valence electrons. The van der Waals surface area contributed by atoms with Gasteiger partial charge in [0.15, 0.2) is 18.1 Å². The number of likely N-dealkylation sites (N-methyl/N-ethyl adjacent to an activating group) is 1. The van der Waals surface area contributed by atoms with Gasteiger partial charge in [0, 0.05) is 19.7 Å². The smallest absolute Gasteiger partial charge is 0.331 e. The van der Waals surface area contributed by atoms with Gasteiger partial charge in [-0.2, -0.15) is 0 Å². The molecule has 1 aliphatic heterocycles. The summed E-state index contributed by atoms with van der Waals surface area (Å²) in [6, 6.07) is 9.96. The van der Waals surface area contributed by atoms with Crippen molar-refractivity contribution in [3.05, 3.63) is 63.7 Å². The minimum Gasteiger partial charge on any atom is -0.494 e. The molecule has 0 aromatic heterocycles. The van der Waals surface area contributed by atoms with Crippen LogP contribution >= 0.6 is 0 Å². The molecule has 10 nitrogen and oxygen atoms in total. The van der Waals surface area contributed by atoms with Gasteiger partial charge in [0.2, 0.25) is 6.79 Å². The van der Waals surface area contributed by atoms with Gasteiger partial charge in [-0.3, -0.25) is 14.9 Å². The summed E-state index contributed by atoms with van der Waals surface area (Å²) in [6.07, 6.45) is 2.25. The van der Waals surface area contributed by atoms with Crippen molar-refractivity contribution in [3.63, 3.8) is 0 Å². The van der Waals surface area contributed by atoms with E-state index in [9.17, 15) is 19.7 Å². The topological polar surface area (TPSA) is 117 Å². The summed E-state index contributed by atoms with van der Waals surface area (Å²) in [5.74, 6) is 0.149. The molecule has 0 aliphatic carbocycles. The number of esters is 1. The van der Waals surface area contributed by atoms with Gasteiger partial charge in [0.1, 0.15) is 5.75 Å². The molecular formula is C22H22N2O8. The third kappa shape index (κ3) is 5.75. The van der Waals surface area contributed by atoms with E-state index < -0.39 is 23.4 Å². The Bertz CT molecular complexity index is 1030. The quantitative estimate of drug-likeness (QED) is 0.252. The highest BCUT2D eigenvalue weighted by molar-refractivity contribution is 5.90. The molecule has 3 rings (SSSR count). The van der Waals surface area contributed by atoms with Crippen LogP contribution in [0.15, 0.2) is 42.5 Å². The Hall–Kier alpha value is -4.08. The van der Waals surface area contributed by atoms with Crippen LogP contribution in [0, 0.1) is 10.1 Å². The zero-order chi connectivity index (χ0) is 23.1. The number of rotatable bonds is 9. The Kier molecular flexibility index (Phi) is 7.27. The van der Waals surface area contributed by atoms with E-state index in [-0.39, 0.29) is 23.8 Å². The Morgan fingerprint density at radius 3 is 2.53 bits per heavy atom. The SMILES string of the molecule is CCOc1ccc(CN(C)C(=O)COC(=O)/C=C/c2cc3c(cc2[N+](=O)[O-])OCO3)cc1. The van der Waals surface area contributed by atoms with Gasteiger partial charge in [0.25, 0.3) is 11.6 Å². The molecule has 10 heteroatoms. The number of hydrogen-bond acceptors (Lipinski definition) is 8. The summed E-state index contributed by atoms with van der Waals surface area (Å²) in [4.78, 5) is 36.3. The van der Waals surface area contributed by atoms with E-state index in [2.05, 4.69) is 0 Å². The van der Waals surface area contributed by atoms with Crippen LogP contribution in [-0.2, 0) is 20.9 Å². The van der Waals surface area contributed by atoms with Gasteiger partial charge in [-0.15, -0.1) is 0 Å². The summed E-state index contributed by atoms with van der Waals surface area (Å²) < 4.78 is 20.7. The number of fused-ring (bicyclic) bond motifs is 1. The molecule has 0 fully saturated rings. The fourth-order valence-electron chi connectivity index (χ4n) is 2.91. The highest BCUT2D eigenvalue weighted by Crippen LogP contribution is 2.38. The minimum absolute atomic E-state index is 0.0337. The molecule has 0 radical (unpaired) electrons. The molecular weight excluding hydrogens is 420 g/mol. The molecule has 0 saturated carbocycles. The van der Waals surface area contributed by atoms with Crippen molar-refractivity contribution in [2.45, 2.75) is 13.5 Å². The summed E-state index contributed by atoms with van der Waals surface area (Å²) in [5, 5.41) is 11.3. The number of benzene rings is 2. The maximum Gasteiger partial charge on any atom is 0.331 e. The zero-order valence-corrected chi connectivity index (χ0v) is 17.6. The molecule has 1 heterocycles. The fraction of sp³-hybridized carbons (Fsp3) is 0.273. The number of ether oxygens (including phenoxy) is 4. The number of nitro benzene ring substituents is 1. The normalized spacial score (nSPS) is 11.9. The van der Waals surface area contributed by atoms with E-state index in [4.69, 9.17) is 18.9 Å². The van der Waals surface area contributed by atoms with Crippen molar-refractivity contribution in [1.82, 2.24) is 4.90 Å². The lowest BCUT2D eigenvalue weighted by molar-refractivity contribution is -0.385. The Morgan fingerprint density at radius 2 is 1.88 bits per heavy atom. The van der Waals surface area contributed by atoms with Crippen molar-refractivity contribution in [1.29, 1.82) is 0 Å². The second-order valence-electron chi connectivity index (χ2n) is 6.79. The molecule has 0 unspecified atom stereocenters. The molecule has 0 N–H and O–H groups in total. The molecule has 32 heavy (non-hydrogen) atoms. The average molecular weight is 442 g/mol. The van der Waals surface area contributed by atoms with Crippen molar-refractivity contribution in [2.75, 3.05) is 27.1 Å². The molecule has 1 aliphatic rings. The third-order valence-electron chi connectivity index (χ3n) is 4.54. The Balaban J connectivity index is 1.53. The highest BCUT2D eigenvalue weighted by atomic mass is 16.7. The summed E-state index contributed by atoms with van der Waals surface area (Å²) >= 11 is 0. The van der Waals surface area contributed by atoms with E-state index in [0.717, 1.165) is 17.4 Å². The average Bonchev–Trinajstić information content (AvgIpc) is 3.24. The van der Waals surface area contributed by atoms with Crippen LogP contribution in [0.25, 0.3) is 6.08 Å². The molecule has 0 saturated heterocycles. The third-order valence-corrected chi connectivity index (χ3v) is 4.54. The maximum absolute atomic E-state index is 12.2. The molecule has 0 bridgehead atoms. The van der Waals surface area contributed by atoms with Crippen LogP contribution in [0.5, 0.6) is 17.2 Å². The predicted molar refractivity (Wildman–Crippen MR) is 113 cm³/mol. The Labute approximate surface area is 184 Å². The zero-order valence-electron chi connectivity index (χ0n) is 17.6. The van der Waals surface area contributed by atoms with E-state index in [1.54, 1.807) is 7.05 Å². The van der Waals surface area contributed by atoms with Gasteiger partial charge in [-0.1, -0.05) is 12.1 Å². The van der Waals surface area contributed by atoms with Crippen LogP contribution in [0.1, 0.15) is 18.1 Å². The first kappa shape index (κ1) is 22.6. The number of hydrogen-bond donors (Lipinski definition) is 0.